The van der Waals surface area contributed by atoms with Crippen LogP contribution in [0, 0.1) is 17.6 Å². The second kappa shape index (κ2) is 7.82. The molecule has 0 atom stereocenters. The highest BCUT2D eigenvalue weighted by Gasteiger charge is 2.23. The minimum atomic E-state index is -4.06. The van der Waals surface area contributed by atoms with Gasteiger partial charge in [0.2, 0.25) is 10.0 Å². The number of benzene rings is 1. The van der Waals surface area contributed by atoms with Crippen LogP contribution >= 0.6 is 0 Å². The van der Waals surface area contributed by atoms with Crippen LogP contribution in [-0.4, -0.2) is 22.0 Å². The largest absolute Gasteiger partial charge is 0.316 e. The Morgan fingerprint density at radius 1 is 1.19 bits per heavy atom. The maximum absolute atomic E-state index is 13.8. The molecule has 0 aliphatic heterocycles. The summed E-state index contributed by atoms with van der Waals surface area (Å²) in [6.45, 7) is 4.38. The average Bonchev–Trinajstić information content (AvgIpc) is 2.43. The van der Waals surface area contributed by atoms with E-state index in [0.29, 0.717) is 5.56 Å². The molecule has 120 valence electrons. The smallest absolute Gasteiger partial charge is 0.243 e. The van der Waals surface area contributed by atoms with E-state index >= 15 is 0 Å². The van der Waals surface area contributed by atoms with Gasteiger partial charge in [0.1, 0.15) is 4.90 Å². The van der Waals surface area contributed by atoms with Gasteiger partial charge in [0.05, 0.1) is 0 Å². The molecule has 4 nitrogen and oxygen atoms in total. The van der Waals surface area contributed by atoms with E-state index in [-0.39, 0.29) is 19.0 Å². The van der Waals surface area contributed by atoms with Gasteiger partial charge in [-0.05, 0) is 30.7 Å². The fourth-order valence-corrected chi connectivity index (χ4v) is 3.25. The van der Waals surface area contributed by atoms with Gasteiger partial charge in [-0.15, -0.1) is 0 Å². The van der Waals surface area contributed by atoms with Crippen molar-refractivity contribution in [2.45, 2.75) is 38.1 Å². The lowest BCUT2D eigenvalue weighted by molar-refractivity contribution is 0.467. The summed E-state index contributed by atoms with van der Waals surface area (Å²) in [4.78, 5) is -0.640. The first-order valence-electron chi connectivity index (χ1n) is 6.97. The van der Waals surface area contributed by atoms with Crippen LogP contribution in [0.15, 0.2) is 17.0 Å². The molecular formula is C14H22F2N2O2S. The van der Waals surface area contributed by atoms with Gasteiger partial charge < -0.3 is 5.32 Å². The van der Waals surface area contributed by atoms with Gasteiger partial charge in [0.25, 0.3) is 0 Å². The van der Waals surface area contributed by atoms with Crippen LogP contribution in [0.3, 0.4) is 0 Å². The van der Waals surface area contributed by atoms with Crippen LogP contribution in [0.2, 0.25) is 0 Å². The van der Waals surface area contributed by atoms with Crippen molar-refractivity contribution in [2.24, 2.45) is 5.92 Å². The van der Waals surface area contributed by atoms with Crippen LogP contribution in [-0.2, 0) is 16.6 Å². The van der Waals surface area contributed by atoms with E-state index < -0.39 is 26.6 Å². The molecule has 0 aromatic heterocycles. The topological polar surface area (TPSA) is 58.2 Å². The first-order chi connectivity index (χ1) is 9.85. The van der Waals surface area contributed by atoms with E-state index in [4.69, 9.17) is 0 Å². The third-order valence-electron chi connectivity index (χ3n) is 3.44. The van der Waals surface area contributed by atoms with Crippen molar-refractivity contribution in [2.75, 3.05) is 13.6 Å². The number of rotatable bonds is 8. The lowest BCUT2D eigenvalue weighted by Crippen LogP contribution is -2.30. The molecule has 21 heavy (non-hydrogen) atoms. The Morgan fingerprint density at radius 3 is 2.33 bits per heavy atom. The van der Waals surface area contributed by atoms with Crippen molar-refractivity contribution in [3.8, 4) is 0 Å². The third-order valence-corrected chi connectivity index (χ3v) is 4.86. The van der Waals surface area contributed by atoms with Crippen molar-refractivity contribution in [3.05, 3.63) is 29.3 Å². The van der Waals surface area contributed by atoms with Gasteiger partial charge in [-0.1, -0.05) is 26.7 Å². The van der Waals surface area contributed by atoms with Crippen molar-refractivity contribution in [1.29, 1.82) is 0 Å². The zero-order chi connectivity index (χ0) is 16.0. The molecule has 0 amide bonds. The van der Waals surface area contributed by atoms with Crippen LogP contribution in [0.5, 0.6) is 0 Å². The molecule has 0 aliphatic carbocycles. The molecule has 1 aromatic carbocycles. The van der Waals surface area contributed by atoms with Crippen LogP contribution in [0.1, 0.15) is 32.3 Å². The molecule has 0 unspecified atom stereocenters. The second-order valence-electron chi connectivity index (χ2n) is 4.95. The molecule has 0 bridgehead atoms. The molecule has 0 aliphatic rings. The summed E-state index contributed by atoms with van der Waals surface area (Å²) in [7, 11) is -2.42. The second-order valence-corrected chi connectivity index (χ2v) is 6.69. The van der Waals surface area contributed by atoms with Gasteiger partial charge in [-0.2, -0.15) is 0 Å². The Labute approximate surface area is 125 Å². The van der Waals surface area contributed by atoms with Crippen molar-refractivity contribution in [1.82, 2.24) is 10.0 Å². The Kier molecular flexibility index (Phi) is 6.70. The summed E-state index contributed by atoms with van der Waals surface area (Å²) in [5, 5.41) is 2.77. The maximum atomic E-state index is 13.8. The predicted octanol–water partition coefficient (Wildman–Crippen LogP) is 2.40. The monoisotopic (exact) mass is 320 g/mol. The lowest BCUT2D eigenvalue weighted by atomic mass is 10.0. The summed E-state index contributed by atoms with van der Waals surface area (Å²) in [5.41, 5.74) is 0.374. The minimum absolute atomic E-state index is 0.174. The van der Waals surface area contributed by atoms with E-state index in [1.165, 1.54) is 0 Å². The molecule has 0 spiro atoms. The quantitative estimate of drug-likeness (QED) is 0.773. The highest BCUT2D eigenvalue weighted by atomic mass is 32.2. The highest BCUT2D eigenvalue weighted by molar-refractivity contribution is 7.89. The van der Waals surface area contributed by atoms with Crippen molar-refractivity contribution in [3.63, 3.8) is 0 Å². The zero-order valence-electron chi connectivity index (χ0n) is 12.5. The maximum Gasteiger partial charge on any atom is 0.243 e. The van der Waals surface area contributed by atoms with E-state index in [1.54, 1.807) is 7.05 Å². The number of hydrogen-bond donors (Lipinski definition) is 2. The van der Waals surface area contributed by atoms with Gasteiger partial charge >= 0.3 is 0 Å². The number of hydrogen-bond acceptors (Lipinski definition) is 3. The molecule has 1 rings (SSSR count). The van der Waals surface area contributed by atoms with Crippen molar-refractivity contribution < 1.29 is 17.2 Å². The van der Waals surface area contributed by atoms with E-state index in [1.807, 2.05) is 13.8 Å². The summed E-state index contributed by atoms with van der Waals surface area (Å²) in [5.74, 6) is -2.33. The normalized spacial score (nSPS) is 12.1. The van der Waals surface area contributed by atoms with E-state index in [9.17, 15) is 17.2 Å². The van der Waals surface area contributed by atoms with E-state index in [0.717, 1.165) is 25.0 Å². The summed E-state index contributed by atoms with van der Waals surface area (Å²) >= 11 is 0. The van der Waals surface area contributed by atoms with Crippen LogP contribution in [0.4, 0.5) is 8.78 Å². The Bertz CT molecular complexity index is 573. The summed E-state index contributed by atoms with van der Waals surface area (Å²) in [6, 6.07) is 2.15. The number of halogens is 2. The molecule has 1 aromatic rings. The molecule has 0 radical (unpaired) electrons. The fourth-order valence-electron chi connectivity index (χ4n) is 2.00. The number of nitrogens with one attached hydrogen (secondary N) is 2. The third kappa shape index (κ3) is 4.72. The minimum Gasteiger partial charge on any atom is -0.316 e. The average molecular weight is 320 g/mol. The molecular weight excluding hydrogens is 298 g/mol. The van der Waals surface area contributed by atoms with Crippen molar-refractivity contribution >= 4 is 10.0 Å². The number of sulfonamides is 1. The molecule has 0 fully saturated rings. The first-order valence-corrected chi connectivity index (χ1v) is 8.46. The fraction of sp³-hybridized carbons (Fsp3) is 0.571. The first kappa shape index (κ1) is 18.0. The van der Waals surface area contributed by atoms with E-state index in [2.05, 4.69) is 10.0 Å². The molecule has 2 N–H and O–H groups in total. The van der Waals surface area contributed by atoms with Gasteiger partial charge in [0, 0.05) is 13.1 Å². The molecule has 0 heterocycles. The Hall–Kier alpha value is -1.05. The van der Waals surface area contributed by atoms with Crippen LogP contribution < -0.4 is 10.0 Å². The predicted molar refractivity (Wildman–Crippen MR) is 78.4 cm³/mol. The Morgan fingerprint density at radius 2 is 1.81 bits per heavy atom. The Balaban J connectivity index is 3.06. The van der Waals surface area contributed by atoms with Gasteiger partial charge in [0.15, 0.2) is 11.6 Å². The molecule has 0 saturated heterocycles. The highest BCUT2D eigenvalue weighted by Crippen LogP contribution is 2.20. The van der Waals surface area contributed by atoms with Crippen LogP contribution in [0.25, 0.3) is 0 Å². The zero-order valence-corrected chi connectivity index (χ0v) is 13.4. The summed E-state index contributed by atoms with van der Waals surface area (Å²) in [6.07, 6.45) is 1.63. The molecule has 0 saturated carbocycles. The van der Waals surface area contributed by atoms with Gasteiger partial charge in [-0.3, -0.25) is 0 Å². The van der Waals surface area contributed by atoms with Gasteiger partial charge in [-0.25, -0.2) is 21.9 Å². The summed E-state index contributed by atoms with van der Waals surface area (Å²) < 4.78 is 54.0. The SMILES string of the molecule is CCC(CC)CNS(=O)(=O)c1cc(CNC)cc(F)c1F. The molecule has 7 heteroatoms. The standard InChI is InChI=1S/C14H22F2N2O2S/c1-4-10(5-2)9-18-21(19,20)13-7-11(8-17-3)6-12(15)14(13)16/h6-7,10,17-18H,4-5,8-9H2,1-3H3. The lowest BCUT2D eigenvalue weighted by Gasteiger charge is -2.14.